The summed E-state index contributed by atoms with van der Waals surface area (Å²) in [4.78, 5) is 20.6. The van der Waals surface area contributed by atoms with Crippen molar-refractivity contribution in [2.45, 2.75) is 76.3 Å². The van der Waals surface area contributed by atoms with E-state index in [-0.39, 0.29) is 22.9 Å². The number of nitrogens with zero attached hydrogens (tertiary/aromatic N) is 3. The molecule has 0 N–H and O–H groups in total. The number of rotatable bonds is 7. The fourth-order valence-electron chi connectivity index (χ4n) is 5.47. The molecular weight excluding hydrogens is 506 g/mol. The number of sulfonamides is 1. The number of aryl methyl sites for hydroxylation is 2. The summed E-state index contributed by atoms with van der Waals surface area (Å²) >= 11 is 1.50. The summed E-state index contributed by atoms with van der Waals surface area (Å²) in [5.41, 5.74) is 3.59. The lowest BCUT2D eigenvalue weighted by molar-refractivity contribution is 0.0917. The molecule has 1 aromatic heterocycles. The summed E-state index contributed by atoms with van der Waals surface area (Å²) in [5, 5.41) is 0.639. The predicted octanol–water partition coefficient (Wildman–Crippen LogP) is 5.69. The third-order valence-corrected chi connectivity index (χ3v) is 10.4. The van der Waals surface area contributed by atoms with Gasteiger partial charge >= 0.3 is 0 Å². The number of hydrogen-bond acceptors (Lipinski definition) is 6. The predicted molar refractivity (Wildman–Crippen MR) is 148 cm³/mol. The molecule has 2 fully saturated rings. The number of hydrogen-bond donors (Lipinski definition) is 0. The van der Waals surface area contributed by atoms with Gasteiger partial charge in [0.25, 0.3) is 5.91 Å². The van der Waals surface area contributed by atoms with E-state index in [0.29, 0.717) is 30.4 Å². The zero-order valence-corrected chi connectivity index (χ0v) is 23.4. The Morgan fingerprint density at radius 3 is 2.62 bits per heavy atom. The summed E-state index contributed by atoms with van der Waals surface area (Å²) in [5.74, 6) is -0.197. The van der Waals surface area contributed by atoms with Crippen molar-refractivity contribution >= 4 is 42.6 Å². The molecule has 7 nitrogen and oxygen atoms in total. The van der Waals surface area contributed by atoms with E-state index < -0.39 is 10.0 Å². The molecule has 0 radical (unpaired) electrons. The van der Waals surface area contributed by atoms with Gasteiger partial charge < -0.3 is 4.74 Å². The number of anilines is 1. The number of fused-ring (bicyclic) bond motifs is 1. The Labute approximate surface area is 223 Å². The van der Waals surface area contributed by atoms with Crippen molar-refractivity contribution < 1.29 is 17.9 Å². The number of benzene rings is 2. The molecule has 2 aliphatic rings. The molecule has 2 atom stereocenters. The summed E-state index contributed by atoms with van der Waals surface area (Å²) in [6.07, 6.45) is 5.48. The zero-order valence-electron chi connectivity index (χ0n) is 21.8. The molecule has 0 spiro atoms. The molecule has 3 aromatic rings. The van der Waals surface area contributed by atoms with E-state index in [2.05, 4.69) is 19.1 Å². The van der Waals surface area contributed by atoms with Crippen molar-refractivity contribution in [3.8, 4) is 0 Å². The van der Waals surface area contributed by atoms with Crippen LogP contribution in [0.15, 0.2) is 41.3 Å². The largest absolute Gasteiger partial charge is 0.376 e. The highest BCUT2D eigenvalue weighted by atomic mass is 32.2. The van der Waals surface area contributed by atoms with E-state index in [1.807, 2.05) is 13.8 Å². The second-order valence-electron chi connectivity index (χ2n) is 10.2. The minimum absolute atomic E-state index is 0.0353. The van der Waals surface area contributed by atoms with Crippen LogP contribution in [-0.2, 0) is 14.8 Å². The highest BCUT2D eigenvalue weighted by Crippen LogP contribution is 2.34. The van der Waals surface area contributed by atoms with E-state index >= 15 is 0 Å². The van der Waals surface area contributed by atoms with E-state index in [1.54, 1.807) is 33.5 Å². The van der Waals surface area contributed by atoms with E-state index in [0.717, 1.165) is 59.9 Å². The maximum absolute atomic E-state index is 13.8. The van der Waals surface area contributed by atoms with Gasteiger partial charge in [-0.05, 0) is 87.4 Å². The topological polar surface area (TPSA) is 79.8 Å². The second kappa shape index (κ2) is 10.8. The van der Waals surface area contributed by atoms with Gasteiger partial charge in [0.2, 0.25) is 10.0 Å². The zero-order chi connectivity index (χ0) is 26.2. The lowest BCUT2D eigenvalue weighted by atomic mass is 10.0. The molecule has 1 amide bonds. The van der Waals surface area contributed by atoms with Crippen molar-refractivity contribution in [3.63, 3.8) is 0 Å². The molecule has 2 unspecified atom stereocenters. The first-order chi connectivity index (χ1) is 17.8. The van der Waals surface area contributed by atoms with Gasteiger partial charge in [-0.15, -0.1) is 0 Å². The van der Waals surface area contributed by atoms with Crippen molar-refractivity contribution in [3.05, 3.63) is 53.1 Å². The van der Waals surface area contributed by atoms with Crippen LogP contribution in [-0.4, -0.2) is 55.5 Å². The molecule has 9 heteroatoms. The van der Waals surface area contributed by atoms with E-state index in [9.17, 15) is 13.2 Å². The Hall–Kier alpha value is -2.33. The molecule has 2 saturated heterocycles. The quantitative estimate of drug-likeness (QED) is 0.384. The van der Waals surface area contributed by atoms with Gasteiger partial charge in [0.15, 0.2) is 5.13 Å². The molecule has 37 heavy (non-hydrogen) atoms. The maximum atomic E-state index is 13.8. The lowest BCUT2D eigenvalue weighted by Gasteiger charge is -2.34. The molecule has 5 rings (SSSR count). The Morgan fingerprint density at radius 2 is 1.92 bits per heavy atom. The minimum atomic E-state index is -3.60. The van der Waals surface area contributed by atoms with Gasteiger partial charge in [0.1, 0.15) is 0 Å². The lowest BCUT2D eigenvalue weighted by Crippen LogP contribution is -2.43. The van der Waals surface area contributed by atoms with Gasteiger partial charge in [-0.2, -0.15) is 4.31 Å². The van der Waals surface area contributed by atoms with Crippen LogP contribution in [0.5, 0.6) is 0 Å². The van der Waals surface area contributed by atoms with Gasteiger partial charge in [-0.1, -0.05) is 30.7 Å². The van der Waals surface area contributed by atoms with Gasteiger partial charge in [-0.25, -0.2) is 13.4 Å². The van der Waals surface area contributed by atoms with Crippen LogP contribution in [0.3, 0.4) is 0 Å². The highest BCUT2D eigenvalue weighted by Gasteiger charge is 2.33. The molecule has 0 bridgehead atoms. The number of aromatic nitrogens is 1. The van der Waals surface area contributed by atoms with Crippen molar-refractivity contribution in [2.24, 2.45) is 0 Å². The first-order valence-corrected chi connectivity index (χ1v) is 15.5. The first-order valence-electron chi connectivity index (χ1n) is 13.2. The molecule has 0 aliphatic carbocycles. The van der Waals surface area contributed by atoms with Crippen molar-refractivity contribution in [1.29, 1.82) is 0 Å². The standard InChI is InChI=1S/C28H35N3O4S2/c1-4-22-8-5-6-14-31(22)37(33,34)24-12-10-21(11-13-24)27(32)30(18-23-9-7-15-35-23)28-29-26-20(3)16-19(2)17-25(26)36-28/h10-13,16-17,22-23H,4-9,14-15,18H2,1-3H3. The third-order valence-electron chi connectivity index (χ3n) is 7.46. The number of piperidine rings is 1. The van der Waals surface area contributed by atoms with E-state index in [1.165, 1.54) is 11.3 Å². The van der Waals surface area contributed by atoms with Gasteiger partial charge in [0, 0.05) is 24.8 Å². The molecule has 2 aliphatic heterocycles. The monoisotopic (exact) mass is 541 g/mol. The minimum Gasteiger partial charge on any atom is -0.376 e. The Balaban J connectivity index is 1.45. The smallest absolute Gasteiger partial charge is 0.260 e. The van der Waals surface area contributed by atoms with Crippen LogP contribution < -0.4 is 4.90 Å². The van der Waals surface area contributed by atoms with Crippen LogP contribution >= 0.6 is 11.3 Å². The Bertz CT molecular complexity index is 1380. The summed E-state index contributed by atoms with van der Waals surface area (Å²) in [6.45, 7) is 7.80. The number of thiazole rings is 1. The van der Waals surface area contributed by atoms with Crippen LogP contribution in [0.1, 0.15) is 66.9 Å². The third kappa shape index (κ3) is 5.32. The molecule has 0 saturated carbocycles. The normalized spacial score (nSPS) is 20.9. The van der Waals surface area contributed by atoms with Crippen molar-refractivity contribution in [2.75, 3.05) is 24.6 Å². The average molecular weight is 542 g/mol. The maximum Gasteiger partial charge on any atom is 0.260 e. The average Bonchev–Trinajstić information content (AvgIpc) is 3.57. The fraction of sp³-hybridized carbons (Fsp3) is 0.500. The number of carbonyl (C=O) groups is 1. The first kappa shape index (κ1) is 26.3. The van der Waals surface area contributed by atoms with Crippen LogP contribution in [0.4, 0.5) is 5.13 Å². The van der Waals surface area contributed by atoms with Gasteiger partial charge in [-0.3, -0.25) is 9.69 Å². The number of amides is 1. The number of ether oxygens (including phenoxy) is 1. The molecule has 2 aromatic carbocycles. The summed E-state index contributed by atoms with van der Waals surface area (Å²) in [6, 6.07) is 10.6. The highest BCUT2D eigenvalue weighted by molar-refractivity contribution is 7.89. The SMILES string of the molecule is CCC1CCCCN1S(=O)(=O)c1ccc(C(=O)N(CC2CCCO2)c2nc3c(C)cc(C)cc3s2)cc1. The Kier molecular flexibility index (Phi) is 7.68. The molecular formula is C28H35N3O4S2. The fourth-order valence-corrected chi connectivity index (χ4v) is 8.39. The molecule has 3 heterocycles. The summed E-state index contributed by atoms with van der Waals surface area (Å²) < 4.78 is 35.3. The second-order valence-corrected chi connectivity index (χ2v) is 13.1. The van der Waals surface area contributed by atoms with Gasteiger partial charge in [0.05, 0.1) is 27.8 Å². The molecule has 198 valence electrons. The van der Waals surface area contributed by atoms with Crippen LogP contribution in [0.2, 0.25) is 0 Å². The number of carbonyl (C=O) groups excluding carboxylic acids is 1. The van der Waals surface area contributed by atoms with Crippen LogP contribution in [0, 0.1) is 13.8 Å². The Morgan fingerprint density at radius 1 is 1.14 bits per heavy atom. The van der Waals surface area contributed by atoms with E-state index in [4.69, 9.17) is 9.72 Å². The summed E-state index contributed by atoms with van der Waals surface area (Å²) in [7, 11) is -3.60. The van der Waals surface area contributed by atoms with Crippen LogP contribution in [0.25, 0.3) is 10.2 Å². The van der Waals surface area contributed by atoms with Crippen molar-refractivity contribution in [1.82, 2.24) is 9.29 Å².